The zero-order valence-electron chi connectivity index (χ0n) is 16.0. The molecule has 0 aliphatic carbocycles. The highest BCUT2D eigenvalue weighted by atomic mass is 16.5. The van der Waals surface area contributed by atoms with Crippen molar-refractivity contribution in [2.75, 3.05) is 39.3 Å². The second kappa shape index (κ2) is 10.2. The van der Waals surface area contributed by atoms with Crippen LogP contribution in [0.15, 0.2) is 0 Å². The van der Waals surface area contributed by atoms with Crippen molar-refractivity contribution in [2.24, 2.45) is 5.92 Å². The molecule has 25 heavy (non-hydrogen) atoms. The molecule has 1 rings (SSSR count). The number of piperazine rings is 1. The summed E-state index contributed by atoms with van der Waals surface area (Å²) in [6, 6.07) is -0.481. The zero-order valence-corrected chi connectivity index (χ0v) is 16.0. The second-order valence-electron chi connectivity index (χ2n) is 6.91. The van der Waals surface area contributed by atoms with Crippen molar-refractivity contribution in [3.05, 3.63) is 0 Å². The van der Waals surface area contributed by atoms with Crippen LogP contribution in [0, 0.1) is 5.92 Å². The average Bonchev–Trinajstić information content (AvgIpc) is 2.52. The molecule has 1 aliphatic rings. The third kappa shape index (κ3) is 7.29. The number of hydrogen-bond donors (Lipinski definition) is 2. The fourth-order valence-corrected chi connectivity index (χ4v) is 2.71. The highest BCUT2D eigenvalue weighted by molar-refractivity contribution is 5.86. The molecule has 3 amide bonds. The van der Waals surface area contributed by atoms with E-state index in [1.54, 1.807) is 11.8 Å². The number of carbonyl (C=O) groups excluding carboxylic acids is 3. The minimum absolute atomic E-state index is 0.00110. The summed E-state index contributed by atoms with van der Waals surface area (Å²) < 4.78 is 4.88. The van der Waals surface area contributed by atoms with E-state index < -0.39 is 12.1 Å². The lowest BCUT2D eigenvalue weighted by Crippen LogP contribution is -2.57. The maximum atomic E-state index is 12.7. The summed E-state index contributed by atoms with van der Waals surface area (Å²) in [7, 11) is 0. The van der Waals surface area contributed by atoms with Crippen LogP contribution in [0.4, 0.5) is 4.79 Å². The molecule has 1 heterocycles. The van der Waals surface area contributed by atoms with Crippen LogP contribution < -0.4 is 10.6 Å². The number of nitrogens with one attached hydrogen (secondary N) is 2. The predicted octanol–water partition coefficient (Wildman–Crippen LogP) is 0.426. The van der Waals surface area contributed by atoms with E-state index in [0.29, 0.717) is 32.7 Å². The Bertz CT molecular complexity index is 460. The normalized spacial score (nSPS) is 16.7. The molecule has 1 fully saturated rings. The van der Waals surface area contributed by atoms with Gasteiger partial charge in [-0.25, -0.2) is 4.79 Å². The standard InChI is InChI=1S/C17H32N4O4/c1-6-25-17(24)19-15(12(2)3)16(23)21-9-7-20(8-10-21)11-14(22)18-13(4)5/h12-13,15H,6-11H2,1-5H3,(H,18,22)(H,19,24). The largest absolute Gasteiger partial charge is 0.450 e. The zero-order chi connectivity index (χ0) is 19.0. The summed E-state index contributed by atoms with van der Waals surface area (Å²) in [5, 5.41) is 5.52. The maximum Gasteiger partial charge on any atom is 0.407 e. The molecule has 0 bridgehead atoms. The minimum Gasteiger partial charge on any atom is -0.450 e. The topological polar surface area (TPSA) is 91.0 Å². The summed E-state index contributed by atoms with van der Waals surface area (Å²) in [5.41, 5.74) is 0. The highest BCUT2D eigenvalue weighted by Gasteiger charge is 2.31. The van der Waals surface area contributed by atoms with Crippen LogP contribution in [0.5, 0.6) is 0 Å². The van der Waals surface area contributed by atoms with Gasteiger partial charge in [0.15, 0.2) is 0 Å². The number of rotatable bonds is 7. The summed E-state index contributed by atoms with van der Waals surface area (Å²) in [5.74, 6) is -0.139. The van der Waals surface area contributed by atoms with Gasteiger partial charge in [-0.15, -0.1) is 0 Å². The van der Waals surface area contributed by atoms with E-state index in [0.717, 1.165) is 0 Å². The van der Waals surface area contributed by atoms with Gasteiger partial charge in [0.05, 0.1) is 13.2 Å². The van der Waals surface area contributed by atoms with Gasteiger partial charge in [-0.1, -0.05) is 13.8 Å². The summed E-state index contributed by atoms with van der Waals surface area (Å²) in [6.07, 6.45) is -0.571. The third-order valence-corrected chi connectivity index (χ3v) is 3.98. The van der Waals surface area contributed by atoms with Gasteiger partial charge in [0.1, 0.15) is 6.04 Å². The molecule has 0 spiro atoms. The second-order valence-corrected chi connectivity index (χ2v) is 6.91. The Morgan fingerprint density at radius 1 is 1.00 bits per heavy atom. The lowest BCUT2D eigenvalue weighted by molar-refractivity contribution is -0.136. The fourth-order valence-electron chi connectivity index (χ4n) is 2.71. The lowest BCUT2D eigenvalue weighted by Gasteiger charge is -2.37. The van der Waals surface area contributed by atoms with Crippen molar-refractivity contribution in [2.45, 2.75) is 46.7 Å². The van der Waals surface area contributed by atoms with Crippen molar-refractivity contribution >= 4 is 17.9 Å². The van der Waals surface area contributed by atoms with Crippen molar-refractivity contribution in [3.8, 4) is 0 Å². The van der Waals surface area contributed by atoms with Crippen molar-refractivity contribution in [1.29, 1.82) is 0 Å². The summed E-state index contributed by atoms with van der Waals surface area (Å²) >= 11 is 0. The van der Waals surface area contributed by atoms with E-state index in [1.165, 1.54) is 0 Å². The quantitative estimate of drug-likeness (QED) is 0.690. The first-order valence-electron chi connectivity index (χ1n) is 8.98. The van der Waals surface area contributed by atoms with E-state index in [4.69, 9.17) is 4.74 Å². The fraction of sp³-hybridized carbons (Fsp3) is 0.824. The Morgan fingerprint density at radius 3 is 2.08 bits per heavy atom. The maximum absolute atomic E-state index is 12.7. The van der Waals surface area contributed by atoms with E-state index in [9.17, 15) is 14.4 Å². The van der Waals surface area contributed by atoms with Crippen LogP contribution in [-0.2, 0) is 14.3 Å². The molecule has 1 aliphatic heterocycles. The molecule has 1 atom stereocenters. The monoisotopic (exact) mass is 356 g/mol. The lowest BCUT2D eigenvalue weighted by atomic mass is 10.0. The molecular weight excluding hydrogens is 324 g/mol. The molecule has 0 radical (unpaired) electrons. The van der Waals surface area contributed by atoms with E-state index in [1.807, 2.05) is 32.6 Å². The number of hydrogen-bond acceptors (Lipinski definition) is 5. The van der Waals surface area contributed by atoms with E-state index in [-0.39, 0.29) is 30.4 Å². The van der Waals surface area contributed by atoms with E-state index in [2.05, 4.69) is 10.6 Å². The van der Waals surface area contributed by atoms with Crippen LogP contribution in [0.25, 0.3) is 0 Å². The van der Waals surface area contributed by atoms with Gasteiger partial charge in [0, 0.05) is 32.2 Å². The smallest absolute Gasteiger partial charge is 0.407 e. The SMILES string of the molecule is CCOC(=O)NC(C(=O)N1CCN(CC(=O)NC(C)C)CC1)C(C)C. The molecule has 1 saturated heterocycles. The first-order chi connectivity index (χ1) is 11.7. The van der Waals surface area contributed by atoms with Gasteiger partial charge >= 0.3 is 6.09 Å². The van der Waals surface area contributed by atoms with Crippen LogP contribution in [-0.4, -0.2) is 79.1 Å². The van der Waals surface area contributed by atoms with Crippen LogP contribution in [0.3, 0.4) is 0 Å². The Labute approximate surface area is 150 Å². The van der Waals surface area contributed by atoms with Gasteiger partial charge in [-0.3, -0.25) is 14.5 Å². The summed E-state index contributed by atoms with van der Waals surface area (Å²) in [6.45, 7) is 12.3. The Balaban J connectivity index is 2.52. The Kier molecular flexibility index (Phi) is 8.68. The molecule has 0 saturated carbocycles. The molecule has 1 unspecified atom stereocenters. The first-order valence-corrected chi connectivity index (χ1v) is 8.98. The molecule has 8 nitrogen and oxygen atoms in total. The van der Waals surface area contributed by atoms with E-state index >= 15 is 0 Å². The van der Waals surface area contributed by atoms with Crippen molar-refractivity contribution in [3.63, 3.8) is 0 Å². The number of carbonyl (C=O) groups is 3. The number of alkyl carbamates (subject to hydrolysis) is 1. The van der Waals surface area contributed by atoms with Gasteiger partial charge in [0.2, 0.25) is 11.8 Å². The first kappa shape index (κ1) is 21.2. The van der Waals surface area contributed by atoms with Gasteiger partial charge in [-0.2, -0.15) is 0 Å². The van der Waals surface area contributed by atoms with Crippen LogP contribution >= 0.6 is 0 Å². The molecular formula is C17H32N4O4. The van der Waals surface area contributed by atoms with Crippen LogP contribution in [0.1, 0.15) is 34.6 Å². The minimum atomic E-state index is -0.602. The average molecular weight is 356 g/mol. The van der Waals surface area contributed by atoms with Crippen LogP contribution in [0.2, 0.25) is 0 Å². The molecule has 0 aromatic heterocycles. The van der Waals surface area contributed by atoms with Gasteiger partial charge in [0.25, 0.3) is 0 Å². The highest BCUT2D eigenvalue weighted by Crippen LogP contribution is 2.10. The third-order valence-electron chi connectivity index (χ3n) is 3.98. The number of nitrogens with zero attached hydrogens (tertiary/aromatic N) is 2. The summed E-state index contributed by atoms with van der Waals surface area (Å²) in [4.78, 5) is 40.0. The Morgan fingerprint density at radius 2 is 1.60 bits per heavy atom. The number of amides is 3. The molecule has 2 N–H and O–H groups in total. The predicted molar refractivity (Wildman–Crippen MR) is 95.1 cm³/mol. The Hall–Kier alpha value is -1.83. The molecule has 0 aromatic rings. The van der Waals surface area contributed by atoms with Crippen molar-refractivity contribution < 1.29 is 19.1 Å². The van der Waals surface area contributed by atoms with Gasteiger partial charge in [-0.05, 0) is 26.7 Å². The van der Waals surface area contributed by atoms with Gasteiger partial charge < -0.3 is 20.3 Å². The number of ether oxygens (including phenoxy) is 1. The molecule has 0 aromatic carbocycles. The molecule has 8 heteroatoms. The van der Waals surface area contributed by atoms with Crippen molar-refractivity contribution in [1.82, 2.24) is 20.4 Å². The molecule has 144 valence electrons.